The molecule has 3 heteroatoms. The number of fused-ring (bicyclic) bond motifs is 1. The van der Waals surface area contributed by atoms with E-state index < -0.39 is 0 Å². The lowest BCUT2D eigenvalue weighted by atomic mass is 9.87. The molecule has 0 aromatic carbocycles. The van der Waals surface area contributed by atoms with Gasteiger partial charge in [0.15, 0.2) is 5.78 Å². The van der Waals surface area contributed by atoms with Crippen molar-refractivity contribution >= 4 is 22.4 Å². The third-order valence-corrected chi connectivity index (χ3v) is 3.00. The second-order valence-corrected chi connectivity index (χ2v) is 5.46. The zero-order valence-electron chi connectivity index (χ0n) is 9.67. The molecule has 0 radical (unpaired) electrons. The summed E-state index contributed by atoms with van der Waals surface area (Å²) >= 11 is 6.04. The molecule has 0 amide bonds. The van der Waals surface area contributed by atoms with Gasteiger partial charge in [0.1, 0.15) is 0 Å². The van der Waals surface area contributed by atoms with Gasteiger partial charge in [-0.3, -0.25) is 9.78 Å². The van der Waals surface area contributed by atoms with E-state index in [0.29, 0.717) is 10.6 Å². The van der Waals surface area contributed by atoms with Gasteiger partial charge in [-0.15, -0.1) is 0 Å². The Hall–Kier alpha value is -1.15. The zero-order valence-corrected chi connectivity index (χ0v) is 10.4. The van der Waals surface area contributed by atoms with E-state index in [1.807, 2.05) is 32.9 Å². The Kier molecular flexibility index (Phi) is 2.62. The number of hydrogen-bond donors (Lipinski definition) is 0. The highest BCUT2D eigenvalue weighted by Crippen LogP contribution is 2.31. The number of rotatable bonds is 1. The van der Waals surface area contributed by atoms with E-state index in [0.717, 1.165) is 17.7 Å². The fraction of sp³-hybridized carbons (Fsp3) is 0.385. The van der Waals surface area contributed by atoms with Crippen molar-refractivity contribution in [3.63, 3.8) is 0 Å². The smallest absolute Gasteiger partial charge is 0.169 e. The van der Waals surface area contributed by atoms with Gasteiger partial charge in [0.05, 0.1) is 5.69 Å². The molecule has 1 aliphatic rings. The largest absolute Gasteiger partial charge is 0.294 e. The van der Waals surface area contributed by atoms with Gasteiger partial charge in [-0.2, -0.15) is 0 Å². The number of hydrogen-bond acceptors (Lipinski definition) is 2. The van der Waals surface area contributed by atoms with Gasteiger partial charge in [0.25, 0.3) is 0 Å². The molecule has 2 nitrogen and oxygen atoms in total. The van der Waals surface area contributed by atoms with Gasteiger partial charge >= 0.3 is 0 Å². The molecule has 2 rings (SSSR count). The molecule has 0 saturated heterocycles. The molecule has 0 saturated carbocycles. The van der Waals surface area contributed by atoms with Crippen LogP contribution in [-0.4, -0.2) is 10.8 Å². The molecule has 84 valence electrons. The van der Waals surface area contributed by atoms with Crippen LogP contribution in [0.3, 0.4) is 0 Å². The van der Waals surface area contributed by atoms with Crippen LogP contribution in [0.25, 0.3) is 5.03 Å². The number of carbonyl (C=O) groups excluding carboxylic acids is 1. The van der Waals surface area contributed by atoms with Crippen LogP contribution in [0.4, 0.5) is 0 Å². The monoisotopic (exact) mass is 235 g/mol. The van der Waals surface area contributed by atoms with Crippen molar-refractivity contribution < 1.29 is 4.79 Å². The highest BCUT2D eigenvalue weighted by Gasteiger charge is 2.25. The first-order chi connectivity index (χ1) is 7.39. The molecular formula is C13H14ClNO. The number of halogens is 1. The zero-order chi connectivity index (χ0) is 11.9. The van der Waals surface area contributed by atoms with Gasteiger partial charge in [-0.1, -0.05) is 38.4 Å². The first-order valence-corrected chi connectivity index (χ1v) is 5.67. The van der Waals surface area contributed by atoms with Crippen LogP contribution in [0.2, 0.25) is 0 Å². The van der Waals surface area contributed by atoms with E-state index in [1.54, 1.807) is 6.20 Å². The number of Topliss-reactive ketones (excluding diaryl/α,β-unsaturated/α-hetero) is 1. The molecule has 0 spiro atoms. The average molecular weight is 236 g/mol. The molecular weight excluding hydrogens is 222 g/mol. The standard InChI is InChI=1S/C13H14ClNO/c1-13(2,3)12(16)8-6-9-10(14)4-5-11(9)15-7-8/h4,6-7H,5H2,1-3H3. The van der Waals surface area contributed by atoms with Crippen LogP contribution < -0.4 is 0 Å². The summed E-state index contributed by atoms with van der Waals surface area (Å²) < 4.78 is 0. The highest BCUT2D eigenvalue weighted by atomic mass is 35.5. The SMILES string of the molecule is CC(C)(C)C(=O)c1cnc2c(c1)C(Cl)=CC2. The molecule has 16 heavy (non-hydrogen) atoms. The lowest BCUT2D eigenvalue weighted by molar-refractivity contribution is 0.0858. The van der Waals surface area contributed by atoms with Crippen LogP contribution in [0.1, 0.15) is 42.4 Å². The van der Waals surface area contributed by atoms with E-state index in [2.05, 4.69) is 4.98 Å². The summed E-state index contributed by atoms with van der Waals surface area (Å²) in [6.07, 6.45) is 4.33. The Morgan fingerprint density at radius 2 is 2.12 bits per heavy atom. The molecule has 0 fully saturated rings. The van der Waals surface area contributed by atoms with Crippen molar-refractivity contribution in [3.8, 4) is 0 Å². The maximum absolute atomic E-state index is 12.1. The van der Waals surface area contributed by atoms with Gasteiger partial charge < -0.3 is 0 Å². The summed E-state index contributed by atoms with van der Waals surface area (Å²) in [5.74, 6) is 0.0965. The van der Waals surface area contributed by atoms with Crippen LogP contribution >= 0.6 is 11.6 Å². The number of carbonyl (C=O) groups is 1. The maximum Gasteiger partial charge on any atom is 0.169 e. The molecule has 1 aromatic rings. The van der Waals surface area contributed by atoms with Crippen LogP contribution in [-0.2, 0) is 6.42 Å². The predicted molar refractivity (Wildman–Crippen MR) is 65.6 cm³/mol. The average Bonchev–Trinajstić information content (AvgIpc) is 2.58. The first kappa shape index (κ1) is 11.3. The van der Waals surface area contributed by atoms with E-state index in [9.17, 15) is 4.79 Å². The van der Waals surface area contributed by atoms with Gasteiger partial charge in [-0.05, 0) is 6.07 Å². The molecule has 0 unspecified atom stereocenters. The summed E-state index contributed by atoms with van der Waals surface area (Å²) in [5.41, 5.74) is 2.11. The fourth-order valence-electron chi connectivity index (χ4n) is 1.72. The number of pyridine rings is 1. The van der Waals surface area contributed by atoms with Crippen molar-refractivity contribution in [1.29, 1.82) is 0 Å². The lowest BCUT2D eigenvalue weighted by Crippen LogP contribution is -2.20. The normalized spacial score (nSPS) is 14.6. The molecule has 1 aromatic heterocycles. The minimum absolute atomic E-state index is 0.0965. The van der Waals surface area contributed by atoms with E-state index in [-0.39, 0.29) is 11.2 Å². The van der Waals surface area contributed by atoms with Crippen molar-refractivity contribution in [2.45, 2.75) is 27.2 Å². The third kappa shape index (κ3) is 1.90. The Labute approximate surface area is 100 Å². The summed E-state index contributed by atoms with van der Waals surface area (Å²) in [6.45, 7) is 5.71. The van der Waals surface area contributed by atoms with Crippen molar-refractivity contribution in [3.05, 3.63) is 35.2 Å². The Morgan fingerprint density at radius 3 is 2.75 bits per heavy atom. The Balaban J connectivity index is 2.43. The second kappa shape index (κ2) is 3.70. The minimum Gasteiger partial charge on any atom is -0.294 e. The molecule has 1 aliphatic carbocycles. The molecule has 0 atom stereocenters. The summed E-state index contributed by atoms with van der Waals surface area (Å²) in [4.78, 5) is 16.4. The first-order valence-electron chi connectivity index (χ1n) is 5.29. The predicted octanol–water partition coefficient (Wildman–Crippen LogP) is 3.45. The van der Waals surface area contributed by atoms with Crippen molar-refractivity contribution in [1.82, 2.24) is 4.98 Å². The Bertz CT molecular complexity index is 483. The van der Waals surface area contributed by atoms with E-state index >= 15 is 0 Å². The summed E-state index contributed by atoms with van der Waals surface area (Å²) in [5, 5.41) is 0.700. The molecule has 1 heterocycles. The second-order valence-electron chi connectivity index (χ2n) is 5.05. The molecule has 0 bridgehead atoms. The fourth-order valence-corrected chi connectivity index (χ4v) is 1.96. The van der Waals surface area contributed by atoms with Crippen LogP contribution in [0, 0.1) is 5.41 Å². The number of allylic oxidation sites excluding steroid dienone is 1. The molecule has 0 N–H and O–H groups in total. The van der Waals surface area contributed by atoms with Crippen LogP contribution in [0.15, 0.2) is 18.3 Å². The lowest BCUT2D eigenvalue weighted by Gasteiger charge is -2.16. The van der Waals surface area contributed by atoms with E-state index in [1.165, 1.54) is 0 Å². The van der Waals surface area contributed by atoms with E-state index in [4.69, 9.17) is 11.6 Å². The van der Waals surface area contributed by atoms with Crippen LogP contribution in [0.5, 0.6) is 0 Å². The maximum atomic E-state index is 12.1. The van der Waals surface area contributed by atoms with Crippen molar-refractivity contribution in [2.75, 3.05) is 0 Å². The topological polar surface area (TPSA) is 30.0 Å². The Morgan fingerprint density at radius 1 is 1.44 bits per heavy atom. The molecule has 0 aliphatic heterocycles. The van der Waals surface area contributed by atoms with Crippen molar-refractivity contribution in [2.24, 2.45) is 5.41 Å². The van der Waals surface area contributed by atoms with Gasteiger partial charge in [-0.25, -0.2) is 0 Å². The van der Waals surface area contributed by atoms with Gasteiger partial charge in [0, 0.05) is 34.2 Å². The summed E-state index contributed by atoms with van der Waals surface area (Å²) in [6, 6.07) is 1.85. The number of ketones is 1. The number of aromatic nitrogens is 1. The quantitative estimate of drug-likeness (QED) is 0.698. The van der Waals surface area contributed by atoms with Gasteiger partial charge in [0.2, 0.25) is 0 Å². The highest BCUT2D eigenvalue weighted by molar-refractivity contribution is 6.49. The third-order valence-electron chi connectivity index (χ3n) is 2.65. The number of nitrogens with zero attached hydrogens (tertiary/aromatic N) is 1. The minimum atomic E-state index is -0.384. The summed E-state index contributed by atoms with van der Waals surface area (Å²) in [7, 11) is 0.